The van der Waals surface area contributed by atoms with Crippen molar-refractivity contribution in [3.63, 3.8) is 0 Å². The van der Waals surface area contributed by atoms with Gasteiger partial charge in [-0.05, 0) is 27.1 Å². The summed E-state index contributed by atoms with van der Waals surface area (Å²) < 4.78 is 1.54. The van der Waals surface area contributed by atoms with Gasteiger partial charge in [0.2, 0.25) is 5.16 Å². The van der Waals surface area contributed by atoms with Gasteiger partial charge < -0.3 is 15.3 Å². The second-order valence-corrected chi connectivity index (χ2v) is 7.23. The quantitative estimate of drug-likeness (QED) is 0.506. The number of benzene rings is 2. The molecule has 0 bridgehead atoms. The maximum Gasteiger partial charge on any atom is 0.209 e. The highest BCUT2D eigenvalue weighted by Gasteiger charge is 2.30. The first-order valence-electron chi connectivity index (χ1n) is 8.56. The van der Waals surface area contributed by atoms with Crippen LogP contribution in [-0.4, -0.2) is 47.4 Å². The van der Waals surface area contributed by atoms with Crippen LogP contribution in [0.25, 0.3) is 0 Å². The number of hydrogen-bond donors (Lipinski definition) is 3. The van der Waals surface area contributed by atoms with Crippen molar-refractivity contribution in [1.29, 1.82) is 0 Å². The fourth-order valence-corrected chi connectivity index (χ4v) is 3.77. The maximum absolute atomic E-state index is 11.0. The fraction of sp³-hybridized carbons (Fsp3) is 0.316. The maximum atomic E-state index is 11.0. The van der Waals surface area contributed by atoms with E-state index < -0.39 is 18.1 Å². The molecule has 142 valence electrons. The van der Waals surface area contributed by atoms with Crippen molar-refractivity contribution in [3.05, 3.63) is 71.3 Å². The summed E-state index contributed by atoms with van der Waals surface area (Å²) in [7, 11) is 1.74. The molecule has 0 radical (unpaired) electrons. The lowest BCUT2D eigenvalue weighted by atomic mass is 9.85. The first kappa shape index (κ1) is 19.5. The van der Waals surface area contributed by atoms with Crippen molar-refractivity contribution in [2.24, 2.45) is 7.05 Å². The minimum atomic E-state index is -0.895. The predicted molar refractivity (Wildman–Crippen MR) is 102 cm³/mol. The number of aromatic nitrogens is 4. The molecule has 2 aromatic carbocycles. The molecule has 0 aliphatic heterocycles. The Labute approximate surface area is 161 Å². The second-order valence-electron chi connectivity index (χ2n) is 6.24. The Hall–Kier alpha value is -2.26. The minimum absolute atomic E-state index is 0.0521. The highest BCUT2D eigenvalue weighted by Crippen LogP contribution is 2.35. The first-order valence-corrected chi connectivity index (χ1v) is 9.54. The number of tetrazole rings is 1. The zero-order valence-electron chi connectivity index (χ0n) is 14.9. The van der Waals surface area contributed by atoms with Crippen LogP contribution in [0.4, 0.5) is 0 Å². The Morgan fingerprint density at radius 2 is 1.70 bits per heavy atom. The second kappa shape index (κ2) is 9.09. The molecule has 0 saturated carbocycles. The summed E-state index contributed by atoms with van der Waals surface area (Å²) in [5.41, 5.74) is 2.30. The van der Waals surface area contributed by atoms with E-state index in [4.69, 9.17) is 0 Å². The smallest absolute Gasteiger partial charge is 0.209 e. The molecular formula is C19H22N4O3S. The SMILES string of the molecule is Cn1nnnc1SCC(O)C(c1ccccc1)C(O)c1ccc(CO)cc1. The molecule has 8 heteroatoms. The number of thioether (sulfide) groups is 1. The summed E-state index contributed by atoms with van der Waals surface area (Å²) in [4.78, 5) is 0. The Morgan fingerprint density at radius 1 is 1.00 bits per heavy atom. The number of hydrogen-bond acceptors (Lipinski definition) is 7. The van der Waals surface area contributed by atoms with Crippen molar-refractivity contribution in [2.45, 2.75) is 29.9 Å². The number of aliphatic hydroxyl groups excluding tert-OH is 3. The van der Waals surface area contributed by atoms with Gasteiger partial charge in [0.05, 0.1) is 18.8 Å². The van der Waals surface area contributed by atoms with Crippen LogP contribution in [0, 0.1) is 0 Å². The van der Waals surface area contributed by atoms with Gasteiger partial charge in [0.1, 0.15) is 0 Å². The van der Waals surface area contributed by atoms with Gasteiger partial charge >= 0.3 is 0 Å². The molecule has 27 heavy (non-hydrogen) atoms. The van der Waals surface area contributed by atoms with Gasteiger partial charge in [0.15, 0.2) is 0 Å². The van der Waals surface area contributed by atoms with Gasteiger partial charge in [-0.25, -0.2) is 4.68 Å². The van der Waals surface area contributed by atoms with E-state index in [2.05, 4.69) is 15.5 Å². The van der Waals surface area contributed by atoms with Crippen LogP contribution in [0.2, 0.25) is 0 Å². The zero-order valence-corrected chi connectivity index (χ0v) is 15.7. The van der Waals surface area contributed by atoms with Crippen LogP contribution in [0.3, 0.4) is 0 Å². The molecule has 7 nitrogen and oxygen atoms in total. The topological polar surface area (TPSA) is 104 Å². The summed E-state index contributed by atoms with van der Waals surface area (Å²) in [6, 6.07) is 16.6. The average Bonchev–Trinajstić information content (AvgIpc) is 3.12. The molecule has 3 rings (SSSR count). The standard InChI is InChI=1S/C19H22N4O3S/c1-23-19(20-21-22-23)27-12-16(25)17(14-5-3-2-4-6-14)18(26)15-9-7-13(11-24)8-10-15/h2-10,16-18,24-26H,11-12H2,1H3. The fourth-order valence-electron chi connectivity index (χ4n) is 2.92. The van der Waals surface area contributed by atoms with Crippen LogP contribution in [-0.2, 0) is 13.7 Å². The van der Waals surface area contributed by atoms with Gasteiger partial charge in [0, 0.05) is 18.7 Å². The molecule has 0 aliphatic carbocycles. The van der Waals surface area contributed by atoms with Gasteiger partial charge in [0.25, 0.3) is 0 Å². The van der Waals surface area contributed by atoms with Gasteiger partial charge in [-0.3, -0.25) is 0 Å². The molecule has 1 heterocycles. The van der Waals surface area contributed by atoms with Gasteiger partial charge in [-0.2, -0.15) is 0 Å². The molecule has 3 aromatic rings. The van der Waals surface area contributed by atoms with E-state index in [0.29, 0.717) is 16.5 Å². The molecular weight excluding hydrogens is 364 g/mol. The molecule has 0 spiro atoms. The lowest BCUT2D eigenvalue weighted by Gasteiger charge is -2.28. The third-order valence-electron chi connectivity index (χ3n) is 4.41. The number of aliphatic hydroxyl groups is 3. The normalized spacial score (nSPS) is 14.7. The van der Waals surface area contributed by atoms with Crippen LogP contribution in [0.5, 0.6) is 0 Å². The monoisotopic (exact) mass is 386 g/mol. The highest BCUT2D eigenvalue weighted by atomic mass is 32.2. The first-order chi connectivity index (χ1) is 13.1. The number of rotatable bonds is 8. The summed E-state index contributed by atoms with van der Waals surface area (Å²) in [5.74, 6) is -0.181. The molecule has 3 N–H and O–H groups in total. The van der Waals surface area contributed by atoms with Crippen molar-refractivity contribution in [2.75, 3.05) is 5.75 Å². The van der Waals surface area contributed by atoms with E-state index in [1.54, 1.807) is 36.0 Å². The van der Waals surface area contributed by atoms with E-state index in [0.717, 1.165) is 11.1 Å². The minimum Gasteiger partial charge on any atom is -0.392 e. The average molecular weight is 386 g/mol. The molecule has 0 amide bonds. The van der Waals surface area contributed by atoms with E-state index in [1.165, 1.54) is 11.8 Å². The Kier molecular flexibility index (Phi) is 6.57. The van der Waals surface area contributed by atoms with E-state index >= 15 is 0 Å². The van der Waals surface area contributed by atoms with E-state index in [1.807, 2.05) is 30.3 Å². The third kappa shape index (κ3) is 4.72. The lowest BCUT2D eigenvalue weighted by molar-refractivity contribution is 0.0641. The van der Waals surface area contributed by atoms with Gasteiger partial charge in [-0.1, -0.05) is 66.4 Å². The van der Waals surface area contributed by atoms with Crippen molar-refractivity contribution < 1.29 is 15.3 Å². The number of nitrogens with zero attached hydrogens (tertiary/aromatic N) is 4. The molecule has 3 atom stereocenters. The van der Waals surface area contributed by atoms with Crippen LogP contribution >= 0.6 is 11.8 Å². The van der Waals surface area contributed by atoms with Crippen LogP contribution < -0.4 is 0 Å². The Bertz CT molecular complexity index is 842. The largest absolute Gasteiger partial charge is 0.392 e. The lowest BCUT2D eigenvalue weighted by Crippen LogP contribution is -2.27. The van der Waals surface area contributed by atoms with Crippen molar-refractivity contribution >= 4 is 11.8 Å². The van der Waals surface area contributed by atoms with E-state index in [9.17, 15) is 15.3 Å². The third-order valence-corrected chi connectivity index (χ3v) is 5.52. The molecule has 1 aromatic heterocycles. The Morgan fingerprint density at radius 3 is 2.30 bits per heavy atom. The van der Waals surface area contributed by atoms with Crippen LogP contribution in [0.1, 0.15) is 28.7 Å². The molecule has 0 saturated heterocycles. The number of aryl methyl sites for hydroxylation is 1. The molecule has 0 aliphatic rings. The predicted octanol–water partition coefficient (Wildman–Crippen LogP) is 1.67. The van der Waals surface area contributed by atoms with E-state index in [-0.39, 0.29) is 6.61 Å². The zero-order chi connectivity index (χ0) is 19.2. The van der Waals surface area contributed by atoms with Crippen LogP contribution in [0.15, 0.2) is 59.8 Å². The Balaban J connectivity index is 1.82. The highest BCUT2D eigenvalue weighted by molar-refractivity contribution is 7.99. The van der Waals surface area contributed by atoms with Gasteiger partial charge in [-0.15, -0.1) is 5.10 Å². The summed E-state index contributed by atoms with van der Waals surface area (Å²) in [6.07, 6.45) is -1.71. The summed E-state index contributed by atoms with van der Waals surface area (Å²) >= 11 is 1.34. The van der Waals surface area contributed by atoms with Crippen molar-refractivity contribution in [3.8, 4) is 0 Å². The molecule has 3 unspecified atom stereocenters. The summed E-state index contributed by atoms with van der Waals surface area (Å²) in [6.45, 7) is -0.0521. The van der Waals surface area contributed by atoms with Crippen molar-refractivity contribution in [1.82, 2.24) is 20.2 Å². The summed E-state index contributed by atoms with van der Waals surface area (Å²) in [5, 5.41) is 43.0. The molecule has 0 fully saturated rings.